The lowest BCUT2D eigenvalue weighted by Gasteiger charge is -2.43. The molecule has 0 spiro atoms. The smallest absolute Gasteiger partial charge is 0.289 e. The first-order chi connectivity index (χ1) is 15.4. The van der Waals surface area contributed by atoms with E-state index in [1.165, 1.54) is 24.2 Å². The van der Waals surface area contributed by atoms with Crippen LogP contribution in [0.25, 0.3) is 22.2 Å². The zero-order valence-corrected chi connectivity index (χ0v) is 18.7. The number of carbonyl (C=O) groups is 1. The number of aromatic nitrogens is 2. The molecule has 2 fully saturated rings. The van der Waals surface area contributed by atoms with Gasteiger partial charge in [0.25, 0.3) is 5.91 Å². The van der Waals surface area contributed by atoms with Crippen molar-refractivity contribution in [2.75, 3.05) is 26.0 Å². The van der Waals surface area contributed by atoms with Crippen molar-refractivity contribution in [2.24, 2.45) is 0 Å². The zero-order valence-electron chi connectivity index (χ0n) is 18.7. The number of rotatable bonds is 4. The number of nitrogens with one attached hydrogen (secondary N) is 1. The third-order valence-electron chi connectivity index (χ3n) is 6.78. The van der Waals surface area contributed by atoms with Gasteiger partial charge in [0.15, 0.2) is 11.6 Å². The van der Waals surface area contributed by atoms with Gasteiger partial charge in [-0.05, 0) is 56.0 Å². The lowest BCUT2D eigenvalue weighted by molar-refractivity contribution is 0.0799. The second kappa shape index (κ2) is 8.09. The van der Waals surface area contributed by atoms with Crippen LogP contribution in [0.3, 0.4) is 0 Å². The minimum absolute atomic E-state index is 0.0729. The number of phenols is 1. The average molecular weight is 436 g/mol. The van der Waals surface area contributed by atoms with Crippen molar-refractivity contribution in [2.45, 2.75) is 50.2 Å². The molecule has 0 unspecified atom stereocenters. The highest BCUT2D eigenvalue weighted by atomic mass is 16.3. The van der Waals surface area contributed by atoms with Crippen molar-refractivity contribution in [1.29, 1.82) is 0 Å². The lowest BCUT2D eigenvalue weighted by Crippen LogP contribution is -2.54. The molecule has 2 N–H and O–H groups in total. The summed E-state index contributed by atoms with van der Waals surface area (Å²) in [5.41, 5.74) is 1.60. The molecule has 1 amide bonds. The van der Waals surface area contributed by atoms with Crippen molar-refractivity contribution >= 4 is 22.7 Å². The number of anilines is 1. The first-order valence-electron chi connectivity index (χ1n) is 11.2. The van der Waals surface area contributed by atoms with Gasteiger partial charge in [0.1, 0.15) is 11.3 Å². The van der Waals surface area contributed by atoms with E-state index in [1.807, 2.05) is 12.1 Å². The molecule has 2 aromatic heterocycles. The number of nitrogens with zero attached hydrogens (tertiary/aromatic N) is 4. The van der Waals surface area contributed by atoms with Crippen LogP contribution in [-0.4, -0.2) is 65.4 Å². The fourth-order valence-corrected chi connectivity index (χ4v) is 5.00. The number of amides is 1. The van der Waals surface area contributed by atoms with Gasteiger partial charge in [0.05, 0.1) is 5.69 Å². The number of piperidine rings is 2. The molecule has 4 heterocycles. The van der Waals surface area contributed by atoms with Gasteiger partial charge in [-0.1, -0.05) is 6.42 Å². The van der Waals surface area contributed by atoms with E-state index in [-0.39, 0.29) is 17.4 Å². The summed E-state index contributed by atoms with van der Waals surface area (Å²) in [4.78, 5) is 15.9. The highest BCUT2D eigenvalue weighted by Crippen LogP contribution is 2.35. The molecule has 0 aliphatic carbocycles. The standard InChI is InChI=1S/C24H29N5O3/c1-28(2)24(31)22-10-14-9-20(30)18(13-21(14)32-22)19-7-8-23(27-26-19)29(3)17-11-15-5-4-6-16(12-17)25-15/h7-10,13,15-17,25,30H,4-6,11-12H2,1-3H3/t15-,16-/m1/s1. The Labute approximate surface area is 187 Å². The number of furan rings is 1. The van der Waals surface area contributed by atoms with Gasteiger partial charge in [-0.3, -0.25) is 4.79 Å². The monoisotopic (exact) mass is 435 g/mol. The van der Waals surface area contributed by atoms with Crippen LogP contribution in [-0.2, 0) is 0 Å². The second-order valence-electron chi connectivity index (χ2n) is 9.22. The minimum atomic E-state index is -0.225. The largest absolute Gasteiger partial charge is 0.507 e. The Kier molecular flexibility index (Phi) is 5.25. The van der Waals surface area contributed by atoms with Crippen molar-refractivity contribution in [3.8, 4) is 17.0 Å². The molecule has 8 heteroatoms. The Balaban J connectivity index is 1.38. The maximum absolute atomic E-state index is 12.2. The molecule has 3 aromatic rings. The Morgan fingerprint density at radius 3 is 2.50 bits per heavy atom. The predicted octanol–water partition coefficient (Wildman–Crippen LogP) is 3.41. The number of hydrogen-bond acceptors (Lipinski definition) is 7. The number of hydrogen-bond donors (Lipinski definition) is 2. The summed E-state index contributed by atoms with van der Waals surface area (Å²) >= 11 is 0. The maximum Gasteiger partial charge on any atom is 0.289 e. The van der Waals surface area contributed by atoms with Crippen LogP contribution in [0.1, 0.15) is 42.7 Å². The molecule has 0 radical (unpaired) electrons. The molecular formula is C24H29N5O3. The van der Waals surface area contributed by atoms with E-state index in [0.29, 0.717) is 40.4 Å². The summed E-state index contributed by atoms with van der Waals surface area (Å²) < 4.78 is 5.72. The zero-order chi connectivity index (χ0) is 22.4. The van der Waals surface area contributed by atoms with Crippen LogP contribution in [0.4, 0.5) is 5.82 Å². The fraction of sp³-hybridized carbons (Fsp3) is 0.458. The molecule has 2 saturated heterocycles. The van der Waals surface area contributed by atoms with E-state index in [2.05, 4.69) is 27.5 Å². The Morgan fingerprint density at radius 2 is 1.84 bits per heavy atom. The quantitative estimate of drug-likeness (QED) is 0.648. The highest BCUT2D eigenvalue weighted by molar-refractivity contribution is 5.97. The van der Waals surface area contributed by atoms with Gasteiger partial charge < -0.3 is 24.6 Å². The third-order valence-corrected chi connectivity index (χ3v) is 6.78. The van der Waals surface area contributed by atoms with E-state index in [1.54, 1.807) is 32.3 Å². The van der Waals surface area contributed by atoms with Crippen LogP contribution in [0, 0.1) is 0 Å². The molecule has 168 valence electrons. The third kappa shape index (κ3) is 3.79. The van der Waals surface area contributed by atoms with Gasteiger partial charge in [-0.25, -0.2) is 0 Å². The topological polar surface area (TPSA) is 94.7 Å². The fourth-order valence-electron chi connectivity index (χ4n) is 5.00. The Morgan fingerprint density at radius 1 is 1.09 bits per heavy atom. The van der Waals surface area contributed by atoms with Crippen LogP contribution in [0.2, 0.25) is 0 Å². The highest BCUT2D eigenvalue weighted by Gasteiger charge is 2.33. The molecule has 2 aliphatic heterocycles. The lowest BCUT2D eigenvalue weighted by atomic mass is 9.83. The van der Waals surface area contributed by atoms with E-state index in [9.17, 15) is 9.90 Å². The van der Waals surface area contributed by atoms with Gasteiger partial charge in [-0.15, -0.1) is 10.2 Å². The van der Waals surface area contributed by atoms with E-state index < -0.39 is 0 Å². The molecule has 5 rings (SSSR count). The van der Waals surface area contributed by atoms with Crippen LogP contribution < -0.4 is 10.2 Å². The van der Waals surface area contributed by atoms with Gasteiger partial charge in [0, 0.05) is 50.2 Å². The SMILES string of the molecule is CN(C)C(=O)c1cc2cc(O)c(-c3ccc(N(C)C4C[C@H]5CCC[C@H](C4)N5)nn3)cc2o1. The predicted molar refractivity (Wildman–Crippen MR) is 123 cm³/mol. The van der Waals surface area contributed by atoms with Gasteiger partial charge in [-0.2, -0.15) is 0 Å². The average Bonchev–Trinajstić information content (AvgIpc) is 3.20. The molecule has 8 nitrogen and oxygen atoms in total. The van der Waals surface area contributed by atoms with Crippen molar-refractivity contribution in [3.05, 3.63) is 36.1 Å². The molecule has 0 saturated carbocycles. The Bertz CT molecular complexity index is 1130. The van der Waals surface area contributed by atoms with Crippen molar-refractivity contribution < 1.29 is 14.3 Å². The molecule has 2 aliphatic rings. The summed E-state index contributed by atoms with van der Waals surface area (Å²) in [5, 5.41) is 23.8. The molecular weight excluding hydrogens is 406 g/mol. The summed E-state index contributed by atoms with van der Waals surface area (Å²) in [6, 6.07) is 10.4. The van der Waals surface area contributed by atoms with Crippen molar-refractivity contribution in [1.82, 2.24) is 20.4 Å². The van der Waals surface area contributed by atoms with Crippen LogP contribution in [0.15, 0.2) is 34.7 Å². The van der Waals surface area contributed by atoms with E-state index >= 15 is 0 Å². The molecule has 1 aromatic carbocycles. The first kappa shape index (κ1) is 20.8. The minimum Gasteiger partial charge on any atom is -0.507 e. The molecule has 2 atom stereocenters. The summed E-state index contributed by atoms with van der Waals surface area (Å²) in [6.07, 6.45) is 6.08. The molecule has 2 bridgehead atoms. The number of phenolic OH excluding ortho intramolecular Hbond substituents is 1. The van der Waals surface area contributed by atoms with E-state index in [0.717, 1.165) is 18.7 Å². The summed E-state index contributed by atoms with van der Waals surface area (Å²) in [5.74, 6) is 0.910. The normalized spacial score (nSPS) is 22.7. The number of aromatic hydroxyl groups is 1. The van der Waals surface area contributed by atoms with Gasteiger partial charge >= 0.3 is 0 Å². The summed E-state index contributed by atoms with van der Waals surface area (Å²) in [7, 11) is 5.43. The number of benzene rings is 1. The Hall–Kier alpha value is -3.13. The van der Waals surface area contributed by atoms with Gasteiger partial charge in [0.2, 0.25) is 0 Å². The van der Waals surface area contributed by atoms with Crippen LogP contribution >= 0.6 is 0 Å². The summed E-state index contributed by atoms with van der Waals surface area (Å²) in [6.45, 7) is 0. The van der Waals surface area contributed by atoms with Crippen molar-refractivity contribution in [3.63, 3.8) is 0 Å². The number of fused-ring (bicyclic) bond motifs is 3. The van der Waals surface area contributed by atoms with E-state index in [4.69, 9.17) is 4.42 Å². The molecule has 32 heavy (non-hydrogen) atoms. The second-order valence-corrected chi connectivity index (χ2v) is 9.22. The maximum atomic E-state index is 12.2. The first-order valence-corrected chi connectivity index (χ1v) is 11.2. The number of carbonyl (C=O) groups excluding carboxylic acids is 1. The van der Waals surface area contributed by atoms with Crippen LogP contribution in [0.5, 0.6) is 5.75 Å².